The molecule has 2 rings (SSSR count). The highest BCUT2D eigenvalue weighted by atomic mass is 35.5. The van der Waals surface area contributed by atoms with Crippen LogP contribution in [-0.2, 0) is 4.74 Å². The minimum atomic E-state index is -0.498. The van der Waals surface area contributed by atoms with Gasteiger partial charge in [0.15, 0.2) is 0 Å². The van der Waals surface area contributed by atoms with Gasteiger partial charge >= 0.3 is 6.09 Å². The number of amides is 1. The second kappa shape index (κ2) is 7.54. The highest BCUT2D eigenvalue weighted by molar-refractivity contribution is 6.31. The number of carbonyl (C=O) groups is 1. The Hall–Kier alpha value is -1.26. The van der Waals surface area contributed by atoms with Crippen molar-refractivity contribution in [2.75, 3.05) is 13.1 Å². The maximum absolute atomic E-state index is 12.6. The van der Waals surface area contributed by atoms with E-state index in [1.165, 1.54) is 0 Å². The number of piperidine rings is 1. The molecule has 1 saturated heterocycles. The molecule has 0 bridgehead atoms. The molecular formula is C18H27ClN2O2. The fourth-order valence-corrected chi connectivity index (χ4v) is 3.47. The van der Waals surface area contributed by atoms with Gasteiger partial charge in [0.25, 0.3) is 0 Å². The maximum Gasteiger partial charge on any atom is 0.410 e. The number of likely N-dealkylation sites (tertiary alicyclic amines) is 1. The highest BCUT2D eigenvalue weighted by Crippen LogP contribution is 2.34. The largest absolute Gasteiger partial charge is 0.444 e. The van der Waals surface area contributed by atoms with E-state index in [2.05, 4.69) is 0 Å². The molecule has 1 aliphatic rings. The van der Waals surface area contributed by atoms with E-state index in [4.69, 9.17) is 22.1 Å². The van der Waals surface area contributed by atoms with E-state index < -0.39 is 5.60 Å². The summed E-state index contributed by atoms with van der Waals surface area (Å²) in [5.41, 5.74) is 6.57. The van der Waals surface area contributed by atoms with Crippen LogP contribution in [0.1, 0.15) is 51.5 Å². The zero-order chi connectivity index (χ0) is 17.0. The first-order valence-corrected chi connectivity index (χ1v) is 8.65. The van der Waals surface area contributed by atoms with Crippen molar-refractivity contribution >= 4 is 17.7 Å². The lowest BCUT2D eigenvalue weighted by Gasteiger charge is -2.41. The summed E-state index contributed by atoms with van der Waals surface area (Å²) in [5.74, 6) is 0.0246. The lowest BCUT2D eigenvalue weighted by molar-refractivity contribution is 0.00665. The molecule has 1 aromatic rings. The van der Waals surface area contributed by atoms with E-state index >= 15 is 0 Å². The Balaban J connectivity index is 2.25. The van der Waals surface area contributed by atoms with Gasteiger partial charge in [-0.3, -0.25) is 0 Å². The molecule has 5 heteroatoms. The fraction of sp³-hybridized carbons (Fsp3) is 0.611. The molecule has 2 unspecified atom stereocenters. The van der Waals surface area contributed by atoms with Gasteiger partial charge in [-0.2, -0.15) is 0 Å². The van der Waals surface area contributed by atoms with Gasteiger partial charge in [-0.25, -0.2) is 4.79 Å². The molecule has 1 fully saturated rings. The topological polar surface area (TPSA) is 55.6 Å². The summed E-state index contributed by atoms with van der Waals surface area (Å²) >= 11 is 6.36. The van der Waals surface area contributed by atoms with Gasteiger partial charge in [-0.1, -0.05) is 29.8 Å². The van der Waals surface area contributed by atoms with E-state index in [-0.39, 0.29) is 18.1 Å². The van der Waals surface area contributed by atoms with Crippen molar-refractivity contribution in [3.63, 3.8) is 0 Å². The molecule has 1 heterocycles. The standard InChI is InChI=1S/C18H27ClN2O2/c1-18(2,3)23-17(22)21-11-7-6-10-16(21)14(12-20)13-8-4-5-9-15(13)19/h4-5,8-9,14,16H,6-7,10-12,20H2,1-3H3. The van der Waals surface area contributed by atoms with E-state index in [9.17, 15) is 4.79 Å². The number of rotatable bonds is 3. The van der Waals surface area contributed by atoms with Gasteiger partial charge < -0.3 is 15.4 Å². The van der Waals surface area contributed by atoms with E-state index in [1.807, 2.05) is 49.9 Å². The molecule has 1 aliphatic heterocycles. The second-order valence-corrected chi connectivity index (χ2v) is 7.51. The Kier molecular flexibility index (Phi) is 5.93. The van der Waals surface area contributed by atoms with Crippen LogP contribution < -0.4 is 5.73 Å². The number of carbonyl (C=O) groups excluding carboxylic acids is 1. The van der Waals surface area contributed by atoms with Gasteiger partial charge in [0.1, 0.15) is 5.60 Å². The summed E-state index contributed by atoms with van der Waals surface area (Å²) in [5, 5.41) is 0.706. The number of ether oxygens (including phenoxy) is 1. The van der Waals surface area contributed by atoms with E-state index in [1.54, 1.807) is 0 Å². The molecule has 0 aliphatic carbocycles. The third-order valence-corrected chi connectivity index (χ3v) is 4.54. The quantitative estimate of drug-likeness (QED) is 0.899. The van der Waals surface area contributed by atoms with Gasteiger partial charge in [-0.05, 0) is 51.7 Å². The van der Waals surface area contributed by atoms with Crippen molar-refractivity contribution in [2.45, 2.75) is 57.6 Å². The molecular weight excluding hydrogens is 312 g/mol. The van der Waals surface area contributed by atoms with Gasteiger partial charge in [0, 0.05) is 30.1 Å². The number of benzene rings is 1. The molecule has 0 aromatic heterocycles. The summed E-state index contributed by atoms with van der Waals surface area (Å²) in [7, 11) is 0. The molecule has 0 radical (unpaired) electrons. The van der Waals surface area contributed by atoms with Crippen LogP contribution in [0.25, 0.3) is 0 Å². The molecule has 0 spiro atoms. The lowest BCUT2D eigenvalue weighted by Crippen LogP contribution is -2.50. The van der Waals surface area contributed by atoms with Gasteiger partial charge in [0.05, 0.1) is 0 Å². The molecule has 23 heavy (non-hydrogen) atoms. The van der Waals surface area contributed by atoms with Crippen LogP contribution in [0.5, 0.6) is 0 Å². The van der Waals surface area contributed by atoms with Crippen molar-refractivity contribution in [3.05, 3.63) is 34.9 Å². The van der Waals surface area contributed by atoms with Gasteiger partial charge in [0.2, 0.25) is 0 Å². The molecule has 4 nitrogen and oxygen atoms in total. The Morgan fingerprint density at radius 3 is 2.70 bits per heavy atom. The summed E-state index contributed by atoms with van der Waals surface area (Å²) in [6.45, 7) is 6.82. The lowest BCUT2D eigenvalue weighted by atomic mass is 9.85. The molecule has 1 aromatic carbocycles. The Morgan fingerprint density at radius 1 is 1.39 bits per heavy atom. The summed E-state index contributed by atoms with van der Waals surface area (Å²) in [4.78, 5) is 14.4. The fourth-order valence-electron chi connectivity index (χ4n) is 3.19. The predicted molar refractivity (Wildman–Crippen MR) is 93.8 cm³/mol. The zero-order valence-electron chi connectivity index (χ0n) is 14.2. The predicted octanol–water partition coefficient (Wildman–Crippen LogP) is 4.17. The first-order chi connectivity index (χ1) is 10.8. The van der Waals surface area contributed by atoms with Crippen LogP contribution in [0.3, 0.4) is 0 Å². The molecule has 0 saturated carbocycles. The van der Waals surface area contributed by atoms with Crippen LogP contribution in [0, 0.1) is 0 Å². The Morgan fingerprint density at radius 2 is 2.09 bits per heavy atom. The zero-order valence-corrected chi connectivity index (χ0v) is 15.0. The van der Waals surface area contributed by atoms with Crippen LogP contribution in [-0.4, -0.2) is 35.7 Å². The van der Waals surface area contributed by atoms with Crippen LogP contribution in [0.2, 0.25) is 5.02 Å². The smallest absolute Gasteiger partial charge is 0.410 e. The number of nitrogens with two attached hydrogens (primary N) is 1. The average molecular weight is 339 g/mol. The van der Waals surface area contributed by atoms with Crippen molar-refractivity contribution in [3.8, 4) is 0 Å². The van der Waals surface area contributed by atoms with Crippen molar-refractivity contribution in [1.29, 1.82) is 0 Å². The van der Waals surface area contributed by atoms with Gasteiger partial charge in [-0.15, -0.1) is 0 Å². The number of nitrogens with zero attached hydrogens (tertiary/aromatic N) is 1. The molecule has 1 amide bonds. The van der Waals surface area contributed by atoms with E-state index in [0.29, 0.717) is 18.1 Å². The van der Waals surface area contributed by atoms with E-state index in [0.717, 1.165) is 24.8 Å². The second-order valence-electron chi connectivity index (χ2n) is 7.10. The minimum absolute atomic E-state index is 0.0246. The third-order valence-electron chi connectivity index (χ3n) is 4.20. The molecule has 128 valence electrons. The Labute approximate surface area is 143 Å². The summed E-state index contributed by atoms with van der Waals surface area (Å²) in [6.07, 6.45) is 2.75. The van der Waals surface area contributed by atoms with Crippen LogP contribution in [0.4, 0.5) is 4.79 Å². The molecule has 2 N–H and O–H groups in total. The highest BCUT2D eigenvalue weighted by Gasteiger charge is 2.36. The van der Waals surface area contributed by atoms with Crippen molar-refractivity contribution in [2.24, 2.45) is 5.73 Å². The molecule has 2 atom stereocenters. The number of hydrogen-bond donors (Lipinski definition) is 1. The first-order valence-electron chi connectivity index (χ1n) is 8.27. The number of halogens is 1. The minimum Gasteiger partial charge on any atom is -0.444 e. The number of hydrogen-bond acceptors (Lipinski definition) is 3. The SMILES string of the molecule is CC(C)(C)OC(=O)N1CCCCC1C(CN)c1ccccc1Cl. The van der Waals surface area contributed by atoms with Crippen molar-refractivity contribution in [1.82, 2.24) is 4.90 Å². The van der Waals surface area contributed by atoms with Crippen molar-refractivity contribution < 1.29 is 9.53 Å². The van der Waals surface area contributed by atoms with Crippen LogP contribution in [0.15, 0.2) is 24.3 Å². The first kappa shape index (κ1) is 18.1. The normalized spacial score (nSPS) is 20.2. The Bertz CT molecular complexity index is 542. The summed E-state index contributed by atoms with van der Waals surface area (Å²) < 4.78 is 5.58. The third kappa shape index (κ3) is 4.61. The monoisotopic (exact) mass is 338 g/mol. The summed E-state index contributed by atoms with van der Waals surface area (Å²) in [6, 6.07) is 7.78. The maximum atomic E-state index is 12.6. The van der Waals surface area contributed by atoms with Crippen LogP contribution >= 0.6 is 11.6 Å². The average Bonchev–Trinajstić information content (AvgIpc) is 2.48.